The van der Waals surface area contributed by atoms with Gasteiger partial charge in [0.2, 0.25) is 0 Å². The van der Waals surface area contributed by atoms with Crippen molar-refractivity contribution >= 4 is 5.65 Å². The van der Waals surface area contributed by atoms with Gasteiger partial charge in [-0.25, -0.2) is 9.50 Å². The van der Waals surface area contributed by atoms with Crippen LogP contribution in [0.1, 0.15) is 61.4 Å². The summed E-state index contributed by atoms with van der Waals surface area (Å²) in [6.45, 7) is 11.3. The van der Waals surface area contributed by atoms with Crippen LogP contribution in [0.15, 0.2) is 12.3 Å². The molecule has 0 saturated carbocycles. The minimum absolute atomic E-state index is 0.524. The molecule has 0 amide bonds. The van der Waals surface area contributed by atoms with Crippen LogP contribution in [-0.4, -0.2) is 72.1 Å². The molecule has 0 spiro atoms. The number of ether oxygens (including phenoxy) is 2. The quantitative estimate of drug-likeness (QED) is 0.712. The molecule has 3 aliphatic heterocycles. The second kappa shape index (κ2) is 10.6. The van der Waals surface area contributed by atoms with Gasteiger partial charge in [0, 0.05) is 63.7 Å². The van der Waals surface area contributed by atoms with E-state index in [1.165, 1.54) is 50.0 Å². The molecule has 1 N–H and O–H groups in total. The maximum atomic E-state index is 5.56. The third-order valence-electron chi connectivity index (χ3n) is 7.70. The first-order chi connectivity index (χ1) is 15.8. The fourth-order valence-corrected chi connectivity index (χ4v) is 5.74. The SMILES string of the molecule is Cc1nn2c(C3CCCN(CC4CCOCC4)C3)ccnc2c1CNCC1CCOCC1. The zero-order chi connectivity index (χ0) is 21.8. The van der Waals surface area contributed by atoms with Gasteiger partial charge in [-0.3, -0.25) is 0 Å². The van der Waals surface area contributed by atoms with Gasteiger partial charge in [-0.05, 0) is 76.4 Å². The maximum absolute atomic E-state index is 5.56. The second-order valence-electron chi connectivity index (χ2n) is 10.0. The standard InChI is InChI=1S/C25H39N5O2/c1-19-23(16-26-15-20-5-11-31-12-6-20)25-27-9-4-24(30(25)28-19)22-3-2-10-29(18-22)17-21-7-13-32-14-8-21/h4,9,20-22,26H,2-3,5-8,10-18H2,1H3. The van der Waals surface area contributed by atoms with Crippen molar-refractivity contribution in [2.45, 2.75) is 57.9 Å². The fraction of sp³-hybridized carbons (Fsp3) is 0.760. The third-order valence-corrected chi connectivity index (χ3v) is 7.70. The van der Waals surface area contributed by atoms with Gasteiger partial charge < -0.3 is 19.7 Å². The van der Waals surface area contributed by atoms with Crippen LogP contribution in [0.5, 0.6) is 0 Å². The van der Waals surface area contributed by atoms with Crippen molar-refractivity contribution < 1.29 is 9.47 Å². The van der Waals surface area contributed by atoms with E-state index in [9.17, 15) is 0 Å². The lowest BCUT2D eigenvalue weighted by Crippen LogP contribution is -2.39. The molecule has 5 heterocycles. The van der Waals surface area contributed by atoms with E-state index in [2.05, 4.69) is 27.7 Å². The predicted molar refractivity (Wildman–Crippen MR) is 125 cm³/mol. The molecule has 5 rings (SSSR count). The lowest BCUT2D eigenvalue weighted by Gasteiger charge is -2.36. The topological polar surface area (TPSA) is 63.9 Å². The summed E-state index contributed by atoms with van der Waals surface area (Å²) in [6.07, 6.45) is 9.24. The number of nitrogens with one attached hydrogen (secondary N) is 1. The highest BCUT2D eigenvalue weighted by atomic mass is 16.5. The number of aromatic nitrogens is 3. The Bertz CT molecular complexity index is 873. The highest BCUT2D eigenvalue weighted by Crippen LogP contribution is 2.29. The van der Waals surface area contributed by atoms with Gasteiger partial charge in [-0.2, -0.15) is 5.10 Å². The van der Waals surface area contributed by atoms with Gasteiger partial charge in [0.15, 0.2) is 5.65 Å². The number of aryl methyl sites for hydroxylation is 1. The van der Waals surface area contributed by atoms with Gasteiger partial charge in [0.25, 0.3) is 0 Å². The van der Waals surface area contributed by atoms with Crippen LogP contribution in [0.3, 0.4) is 0 Å². The van der Waals surface area contributed by atoms with Crippen molar-refractivity contribution in [3.05, 3.63) is 29.2 Å². The van der Waals surface area contributed by atoms with Crippen molar-refractivity contribution in [1.29, 1.82) is 0 Å². The van der Waals surface area contributed by atoms with E-state index in [4.69, 9.17) is 19.6 Å². The van der Waals surface area contributed by atoms with E-state index in [1.54, 1.807) is 0 Å². The van der Waals surface area contributed by atoms with E-state index >= 15 is 0 Å². The number of hydrogen-bond acceptors (Lipinski definition) is 6. The minimum atomic E-state index is 0.524. The number of hydrogen-bond donors (Lipinski definition) is 1. The van der Waals surface area contributed by atoms with Crippen LogP contribution in [0.4, 0.5) is 0 Å². The molecule has 7 nitrogen and oxygen atoms in total. The first-order valence-electron chi connectivity index (χ1n) is 12.7. The molecule has 7 heteroatoms. The molecule has 176 valence electrons. The summed E-state index contributed by atoms with van der Waals surface area (Å²) in [5.74, 6) is 2.04. The Labute approximate surface area is 191 Å². The molecule has 3 aliphatic rings. The van der Waals surface area contributed by atoms with Crippen molar-refractivity contribution in [2.75, 3.05) is 52.6 Å². The molecule has 0 bridgehead atoms. The van der Waals surface area contributed by atoms with Gasteiger partial charge >= 0.3 is 0 Å². The second-order valence-corrected chi connectivity index (χ2v) is 10.0. The summed E-state index contributed by atoms with van der Waals surface area (Å²) in [6, 6.07) is 2.20. The van der Waals surface area contributed by atoms with Crippen LogP contribution in [0, 0.1) is 18.8 Å². The molecular weight excluding hydrogens is 402 g/mol. The van der Waals surface area contributed by atoms with Crippen molar-refractivity contribution in [2.24, 2.45) is 11.8 Å². The molecule has 3 fully saturated rings. The largest absolute Gasteiger partial charge is 0.381 e. The Balaban J connectivity index is 1.26. The highest BCUT2D eigenvalue weighted by molar-refractivity contribution is 5.50. The Hall–Kier alpha value is -1.54. The average Bonchev–Trinajstić information content (AvgIpc) is 3.16. The van der Waals surface area contributed by atoms with Gasteiger partial charge in [-0.15, -0.1) is 0 Å². The molecule has 0 aromatic carbocycles. The first-order valence-corrected chi connectivity index (χ1v) is 12.7. The highest BCUT2D eigenvalue weighted by Gasteiger charge is 2.27. The molecule has 2 aromatic heterocycles. The molecule has 0 aliphatic carbocycles. The van der Waals surface area contributed by atoms with E-state index in [0.29, 0.717) is 5.92 Å². The molecule has 1 atom stereocenters. The van der Waals surface area contributed by atoms with E-state index in [0.717, 1.165) is 82.1 Å². The Morgan fingerprint density at radius 2 is 1.78 bits per heavy atom. The Morgan fingerprint density at radius 3 is 2.56 bits per heavy atom. The maximum Gasteiger partial charge on any atom is 0.159 e. The lowest BCUT2D eigenvalue weighted by atomic mass is 9.92. The zero-order valence-electron chi connectivity index (χ0n) is 19.6. The number of nitrogens with zero attached hydrogens (tertiary/aromatic N) is 4. The first kappa shape index (κ1) is 22.3. The monoisotopic (exact) mass is 441 g/mol. The van der Waals surface area contributed by atoms with Crippen LogP contribution < -0.4 is 5.32 Å². The van der Waals surface area contributed by atoms with E-state index in [-0.39, 0.29) is 0 Å². The zero-order valence-corrected chi connectivity index (χ0v) is 19.6. The number of fused-ring (bicyclic) bond motifs is 1. The van der Waals surface area contributed by atoms with Crippen molar-refractivity contribution in [1.82, 2.24) is 24.8 Å². The Morgan fingerprint density at radius 1 is 1.03 bits per heavy atom. The van der Waals surface area contributed by atoms with Gasteiger partial charge in [-0.1, -0.05) is 0 Å². The molecule has 0 radical (unpaired) electrons. The van der Waals surface area contributed by atoms with Crippen LogP contribution in [0.25, 0.3) is 5.65 Å². The normalized spacial score (nSPS) is 24.3. The third kappa shape index (κ3) is 5.16. The summed E-state index contributed by atoms with van der Waals surface area (Å²) in [5, 5.41) is 8.63. The number of rotatable bonds is 7. The Kier molecular flexibility index (Phi) is 7.37. The van der Waals surface area contributed by atoms with Crippen molar-refractivity contribution in [3.8, 4) is 0 Å². The molecule has 1 unspecified atom stereocenters. The summed E-state index contributed by atoms with van der Waals surface area (Å²) in [5.41, 5.74) is 4.69. The van der Waals surface area contributed by atoms with Crippen molar-refractivity contribution in [3.63, 3.8) is 0 Å². The molecular formula is C25H39N5O2. The fourth-order valence-electron chi connectivity index (χ4n) is 5.74. The molecule has 2 aromatic rings. The van der Waals surface area contributed by atoms with Crippen LogP contribution in [0.2, 0.25) is 0 Å². The van der Waals surface area contributed by atoms with Crippen LogP contribution >= 0.6 is 0 Å². The number of likely N-dealkylation sites (tertiary alicyclic amines) is 1. The lowest BCUT2D eigenvalue weighted by molar-refractivity contribution is 0.0481. The number of piperidine rings is 1. The molecule has 3 saturated heterocycles. The minimum Gasteiger partial charge on any atom is -0.381 e. The van der Waals surface area contributed by atoms with Gasteiger partial charge in [0.05, 0.1) is 11.4 Å². The molecule has 32 heavy (non-hydrogen) atoms. The average molecular weight is 442 g/mol. The van der Waals surface area contributed by atoms with Crippen LogP contribution in [-0.2, 0) is 16.0 Å². The summed E-state index contributed by atoms with van der Waals surface area (Å²) in [4.78, 5) is 7.43. The predicted octanol–water partition coefficient (Wildman–Crippen LogP) is 3.16. The van der Waals surface area contributed by atoms with E-state index in [1.807, 2.05) is 6.20 Å². The van der Waals surface area contributed by atoms with Gasteiger partial charge in [0.1, 0.15) is 0 Å². The summed E-state index contributed by atoms with van der Waals surface area (Å²) < 4.78 is 13.2. The van der Waals surface area contributed by atoms with E-state index < -0.39 is 0 Å². The summed E-state index contributed by atoms with van der Waals surface area (Å²) >= 11 is 0. The summed E-state index contributed by atoms with van der Waals surface area (Å²) in [7, 11) is 0. The smallest absolute Gasteiger partial charge is 0.159 e.